The van der Waals surface area contributed by atoms with Crippen LogP contribution in [0.25, 0.3) is 0 Å². The zero-order chi connectivity index (χ0) is 32.6. The zero-order valence-electron chi connectivity index (χ0n) is 25.2. The molecule has 2 aromatic carbocycles. The Morgan fingerprint density at radius 1 is 0.795 bits per heavy atom. The van der Waals surface area contributed by atoms with E-state index in [1.807, 2.05) is 31.2 Å². The van der Waals surface area contributed by atoms with E-state index in [2.05, 4.69) is 0 Å². The fourth-order valence-corrected chi connectivity index (χ4v) is 5.05. The van der Waals surface area contributed by atoms with Gasteiger partial charge in [0, 0.05) is 45.2 Å². The normalized spacial score (nSPS) is 22.7. The van der Waals surface area contributed by atoms with Gasteiger partial charge in [0.25, 0.3) is 5.79 Å². The molecule has 0 saturated carbocycles. The molecule has 0 amide bonds. The second-order valence-electron chi connectivity index (χ2n) is 9.96. The van der Waals surface area contributed by atoms with Gasteiger partial charge in [-0.2, -0.15) is 0 Å². The lowest BCUT2D eigenvalue weighted by Gasteiger charge is -2.50. The van der Waals surface area contributed by atoms with Crippen molar-refractivity contribution in [3.05, 3.63) is 64.2 Å². The predicted octanol–water partition coefficient (Wildman–Crippen LogP) is 3.80. The Hall–Kier alpha value is -4.16. The average Bonchev–Trinajstić information content (AvgIpc) is 2.92. The van der Waals surface area contributed by atoms with Crippen LogP contribution in [0.1, 0.15) is 58.2 Å². The quantitative estimate of drug-likeness (QED) is 0.261. The molecule has 0 radical (unpaired) electrons. The molecular weight excluding hydrogens is 600 g/mol. The van der Waals surface area contributed by atoms with Crippen LogP contribution in [0, 0.1) is 0 Å². The van der Waals surface area contributed by atoms with Crippen molar-refractivity contribution in [2.24, 2.45) is 0 Å². The first-order valence-corrected chi connectivity index (χ1v) is 14.2. The smallest absolute Gasteiger partial charge is 0.305 e. The number of carbonyl (C=O) groups excluding carboxylic acids is 5. The number of halogens is 1. The molecule has 0 unspecified atom stereocenters. The molecule has 2 aromatic rings. The molecule has 1 heterocycles. The first kappa shape index (κ1) is 34.3. The fourth-order valence-electron chi connectivity index (χ4n) is 4.87. The third kappa shape index (κ3) is 8.70. The Morgan fingerprint density at radius 2 is 1.41 bits per heavy atom. The summed E-state index contributed by atoms with van der Waals surface area (Å²) in [6.07, 6.45) is -5.74. The number of carbonyl (C=O) groups is 5. The largest absolute Gasteiger partial charge is 0.494 e. The van der Waals surface area contributed by atoms with E-state index >= 15 is 0 Å². The molecule has 44 heavy (non-hydrogen) atoms. The third-order valence-corrected chi connectivity index (χ3v) is 6.78. The summed E-state index contributed by atoms with van der Waals surface area (Å²) in [6.45, 7) is 7.44. The highest BCUT2D eigenvalue weighted by molar-refractivity contribution is 6.31. The predicted molar refractivity (Wildman–Crippen MR) is 153 cm³/mol. The number of ether oxygens (including phenoxy) is 7. The lowest BCUT2D eigenvalue weighted by atomic mass is 9.86. The lowest BCUT2D eigenvalue weighted by molar-refractivity contribution is -0.361. The topological polar surface area (TPSA) is 150 Å². The average molecular weight is 635 g/mol. The lowest BCUT2D eigenvalue weighted by Crippen LogP contribution is -2.67. The minimum atomic E-state index is -2.28. The van der Waals surface area contributed by atoms with Crippen LogP contribution in [0.5, 0.6) is 5.75 Å². The van der Waals surface area contributed by atoms with Gasteiger partial charge in [-0.25, -0.2) is 0 Å². The highest BCUT2D eigenvalue weighted by Gasteiger charge is 2.63. The fraction of sp³-hybridized carbons (Fsp3) is 0.452. The summed E-state index contributed by atoms with van der Waals surface area (Å²) in [6, 6.07) is 12.0. The van der Waals surface area contributed by atoms with Gasteiger partial charge in [-0.1, -0.05) is 29.8 Å². The van der Waals surface area contributed by atoms with E-state index in [4.69, 9.17) is 44.8 Å². The maximum absolute atomic E-state index is 12.7. The van der Waals surface area contributed by atoms with Crippen LogP contribution in [0.4, 0.5) is 0 Å². The van der Waals surface area contributed by atoms with Crippen molar-refractivity contribution >= 4 is 41.4 Å². The second-order valence-corrected chi connectivity index (χ2v) is 10.4. The van der Waals surface area contributed by atoms with Crippen LogP contribution in [-0.2, 0) is 64.6 Å². The molecule has 0 aliphatic carbocycles. The van der Waals surface area contributed by atoms with Crippen molar-refractivity contribution in [2.75, 3.05) is 13.2 Å². The van der Waals surface area contributed by atoms with Gasteiger partial charge in [0.15, 0.2) is 12.2 Å². The minimum absolute atomic E-state index is 0.149. The van der Waals surface area contributed by atoms with E-state index in [0.29, 0.717) is 29.4 Å². The van der Waals surface area contributed by atoms with Gasteiger partial charge in [-0.05, 0) is 48.7 Å². The molecule has 5 atom stereocenters. The van der Waals surface area contributed by atoms with E-state index in [1.165, 1.54) is 6.07 Å². The SMILES string of the molecule is CCOc1ccc(Cc2cc([C@]3(OC(C)=O)O[C@H](COC(C)=O)[C@@H](OC(C)=O)[C@H](OC(C)=O)[C@H]3OC(C)=O)ccc2Cl)cc1. The third-order valence-electron chi connectivity index (χ3n) is 6.41. The number of esters is 5. The maximum atomic E-state index is 12.7. The van der Waals surface area contributed by atoms with E-state index in [0.717, 1.165) is 40.2 Å². The molecule has 238 valence electrons. The van der Waals surface area contributed by atoms with Gasteiger partial charge in [0.05, 0.1) is 6.61 Å². The molecule has 1 aliphatic heterocycles. The summed E-state index contributed by atoms with van der Waals surface area (Å²) in [5.74, 6) is -5.61. The van der Waals surface area contributed by atoms with Gasteiger partial charge in [-0.15, -0.1) is 0 Å². The monoisotopic (exact) mass is 634 g/mol. The van der Waals surface area contributed by atoms with Crippen molar-refractivity contribution in [1.29, 1.82) is 0 Å². The Labute approximate surface area is 259 Å². The van der Waals surface area contributed by atoms with Crippen molar-refractivity contribution in [3.8, 4) is 5.75 Å². The van der Waals surface area contributed by atoms with E-state index < -0.39 is 66.7 Å². The van der Waals surface area contributed by atoms with Gasteiger partial charge < -0.3 is 33.2 Å². The van der Waals surface area contributed by atoms with Gasteiger partial charge in [0.1, 0.15) is 18.5 Å². The standard InChI is InChI=1S/C31H35ClO12/c1-7-38-25-11-8-22(9-12-25)14-23-15-24(10-13-26(23)32)31(43-21(6)37)30(42-20(5)36)29(41-19(4)35)28(40-18(3)34)27(44-31)16-39-17(2)33/h8-13,15,27-30H,7,14,16H2,1-6H3/t27-,28-,29+,30-,31+/m1/s1. The highest BCUT2D eigenvalue weighted by Crippen LogP contribution is 2.44. The Kier molecular flexibility index (Phi) is 11.7. The summed E-state index contributed by atoms with van der Waals surface area (Å²) < 4.78 is 39.4. The van der Waals surface area contributed by atoms with Crippen molar-refractivity contribution in [2.45, 2.75) is 78.2 Å². The minimum Gasteiger partial charge on any atom is -0.494 e. The van der Waals surface area contributed by atoms with Crippen molar-refractivity contribution in [3.63, 3.8) is 0 Å². The van der Waals surface area contributed by atoms with Crippen LogP contribution in [0.15, 0.2) is 42.5 Å². The summed E-state index contributed by atoms with van der Waals surface area (Å²) >= 11 is 6.59. The first-order chi connectivity index (χ1) is 20.7. The summed E-state index contributed by atoms with van der Waals surface area (Å²) in [4.78, 5) is 61.3. The van der Waals surface area contributed by atoms with Crippen LogP contribution in [0.2, 0.25) is 5.02 Å². The van der Waals surface area contributed by atoms with Crippen LogP contribution in [0.3, 0.4) is 0 Å². The molecule has 1 aliphatic rings. The summed E-state index contributed by atoms with van der Waals surface area (Å²) in [5, 5.41) is 0.367. The molecule has 0 spiro atoms. The number of benzene rings is 2. The molecule has 12 nitrogen and oxygen atoms in total. The molecular formula is C31H35ClO12. The molecule has 3 rings (SSSR count). The van der Waals surface area contributed by atoms with Crippen LogP contribution in [-0.4, -0.2) is 67.5 Å². The van der Waals surface area contributed by atoms with Gasteiger partial charge in [-0.3, -0.25) is 24.0 Å². The molecule has 13 heteroatoms. The van der Waals surface area contributed by atoms with E-state index in [9.17, 15) is 24.0 Å². The molecule has 0 aromatic heterocycles. The van der Waals surface area contributed by atoms with Crippen LogP contribution >= 0.6 is 11.6 Å². The molecule has 1 fully saturated rings. The molecule has 0 bridgehead atoms. The highest BCUT2D eigenvalue weighted by atomic mass is 35.5. The van der Waals surface area contributed by atoms with E-state index in [-0.39, 0.29) is 5.56 Å². The second kappa shape index (κ2) is 15.0. The number of rotatable bonds is 11. The molecule has 0 N–H and O–H groups in total. The Bertz CT molecular complexity index is 1370. The van der Waals surface area contributed by atoms with Crippen molar-refractivity contribution < 1.29 is 57.1 Å². The zero-order valence-corrected chi connectivity index (χ0v) is 26.0. The van der Waals surface area contributed by atoms with Gasteiger partial charge >= 0.3 is 29.8 Å². The Morgan fingerprint density at radius 3 is 1.95 bits per heavy atom. The first-order valence-electron chi connectivity index (χ1n) is 13.8. The van der Waals surface area contributed by atoms with Crippen molar-refractivity contribution in [1.82, 2.24) is 0 Å². The number of hydrogen-bond donors (Lipinski definition) is 0. The van der Waals surface area contributed by atoms with Gasteiger partial charge in [0.2, 0.25) is 6.10 Å². The Balaban J connectivity index is 2.23. The summed E-state index contributed by atoms with van der Waals surface area (Å²) in [7, 11) is 0. The maximum Gasteiger partial charge on any atom is 0.305 e. The molecule has 1 saturated heterocycles. The van der Waals surface area contributed by atoms with E-state index in [1.54, 1.807) is 12.1 Å². The van der Waals surface area contributed by atoms with Crippen LogP contribution < -0.4 is 4.74 Å². The summed E-state index contributed by atoms with van der Waals surface area (Å²) in [5.41, 5.74) is 1.60. The number of hydrogen-bond acceptors (Lipinski definition) is 12.